The summed E-state index contributed by atoms with van der Waals surface area (Å²) >= 11 is 0. The maximum Gasteiger partial charge on any atom is 0.189 e. The molecule has 0 saturated heterocycles. The van der Waals surface area contributed by atoms with Crippen LogP contribution in [0.4, 0.5) is 0 Å². The van der Waals surface area contributed by atoms with E-state index < -0.39 is 0 Å². The Morgan fingerprint density at radius 3 is 3.20 bits per heavy atom. The molecule has 1 aliphatic heterocycles. The SMILES string of the molecule is O=C1C=CC2=C1C=NCN2. The Hall–Kier alpha value is -1.38. The predicted octanol–water partition coefficient (Wildman–Crippen LogP) is 0.0109. The third-order valence-electron chi connectivity index (χ3n) is 1.54. The van der Waals surface area contributed by atoms with Gasteiger partial charge in [-0.2, -0.15) is 0 Å². The molecular formula is C7H6N2O. The van der Waals surface area contributed by atoms with E-state index in [9.17, 15) is 4.79 Å². The van der Waals surface area contributed by atoms with Crippen LogP contribution in [0.15, 0.2) is 28.4 Å². The number of aliphatic imine (C=N–C) groups is 1. The van der Waals surface area contributed by atoms with E-state index in [4.69, 9.17) is 0 Å². The largest absolute Gasteiger partial charge is 0.366 e. The lowest BCUT2D eigenvalue weighted by Gasteiger charge is -2.07. The van der Waals surface area contributed by atoms with E-state index in [-0.39, 0.29) is 5.78 Å². The van der Waals surface area contributed by atoms with E-state index in [1.807, 2.05) is 0 Å². The molecule has 0 unspecified atom stereocenters. The van der Waals surface area contributed by atoms with Gasteiger partial charge in [-0.15, -0.1) is 0 Å². The Morgan fingerprint density at radius 1 is 1.50 bits per heavy atom. The minimum Gasteiger partial charge on any atom is -0.366 e. The zero-order valence-corrected chi connectivity index (χ0v) is 5.29. The van der Waals surface area contributed by atoms with Crippen LogP contribution < -0.4 is 5.32 Å². The van der Waals surface area contributed by atoms with Crippen molar-refractivity contribution in [2.24, 2.45) is 4.99 Å². The van der Waals surface area contributed by atoms with Crippen LogP contribution in [-0.2, 0) is 4.79 Å². The number of ketones is 1. The Kier molecular flexibility index (Phi) is 0.974. The fraction of sp³-hybridized carbons (Fsp3) is 0.143. The molecule has 3 heteroatoms. The van der Waals surface area contributed by atoms with Crippen LogP contribution in [0.3, 0.4) is 0 Å². The average molecular weight is 134 g/mol. The van der Waals surface area contributed by atoms with Crippen molar-refractivity contribution in [2.75, 3.05) is 6.67 Å². The van der Waals surface area contributed by atoms with Crippen molar-refractivity contribution in [1.82, 2.24) is 5.32 Å². The summed E-state index contributed by atoms with van der Waals surface area (Å²) in [5.74, 6) is 0.0472. The summed E-state index contributed by atoms with van der Waals surface area (Å²) in [7, 11) is 0. The van der Waals surface area contributed by atoms with Gasteiger partial charge in [0.2, 0.25) is 0 Å². The van der Waals surface area contributed by atoms with E-state index in [0.29, 0.717) is 12.2 Å². The number of hydrogen-bond donors (Lipinski definition) is 1. The van der Waals surface area contributed by atoms with E-state index in [2.05, 4.69) is 10.3 Å². The fourth-order valence-corrected chi connectivity index (χ4v) is 1.03. The van der Waals surface area contributed by atoms with Crippen LogP contribution in [0, 0.1) is 0 Å². The van der Waals surface area contributed by atoms with Crippen molar-refractivity contribution in [3.63, 3.8) is 0 Å². The molecule has 2 rings (SSSR count). The molecule has 0 atom stereocenters. The molecule has 10 heavy (non-hydrogen) atoms. The van der Waals surface area contributed by atoms with E-state index in [1.54, 1.807) is 18.4 Å². The number of rotatable bonds is 0. The summed E-state index contributed by atoms with van der Waals surface area (Å²) in [6.07, 6.45) is 4.95. The number of carbonyl (C=O) groups is 1. The van der Waals surface area contributed by atoms with Crippen LogP contribution >= 0.6 is 0 Å². The summed E-state index contributed by atoms with van der Waals surface area (Å²) in [6.45, 7) is 0.580. The lowest BCUT2D eigenvalue weighted by atomic mass is 10.2. The third kappa shape index (κ3) is 0.603. The van der Waals surface area contributed by atoms with Gasteiger partial charge in [0.05, 0.1) is 5.57 Å². The normalized spacial score (nSPS) is 21.4. The quantitative estimate of drug-likeness (QED) is 0.507. The fourth-order valence-electron chi connectivity index (χ4n) is 1.03. The van der Waals surface area contributed by atoms with Crippen LogP contribution in [0.2, 0.25) is 0 Å². The summed E-state index contributed by atoms with van der Waals surface area (Å²) in [4.78, 5) is 14.8. The highest BCUT2D eigenvalue weighted by Gasteiger charge is 2.16. The van der Waals surface area contributed by atoms with Gasteiger partial charge in [-0.05, 0) is 12.2 Å². The molecule has 1 heterocycles. The molecule has 0 aromatic heterocycles. The second-order valence-corrected chi connectivity index (χ2v) is 2.17. The molecule has 0 fully saturated rings. The second-order valence-electron chi connectivity index (χ2n) is 2.17. The van der Waals surface area contributed by atoms with Crippen LogP contribution in [0.1, 0.15) is 0 Å². The Labute approximate surface area is 58.1 Å². The molecule has 0 amide bonds. The number of allylic oxidation sites excluding steroid dienone is 3. The van der Waals surface area contributed by atoms with E-state index >= 15 is 0 Å². The summed E-state index contributed by atoms with van der Waals surface area (Å²) in [5.41, 5.74) is 1.59. The van der Waals surface area contributed by atoms with Crippen molar-refractivity contribution in [1.29, 1.82) is 0 Å². The summed E-state index contributed by atoms with van der Waals surface area (Å²) in [6, 6.07) is 0. The maximum absolute atomic E-state index is 10.9. The average Bonchev–Trinajstić information content (AvgIpc) is 2.34. The monoisotopic (exact) mass is 134 g/mol. The summed E-state index contributed by atoms with van der Waals surface area (Å²) in [5, 5.41) is 2.99. The minimum atomic E-state index is 0.0472. The summed E-state index contributed by atoms with van der Waals surface area (Å²) < 4.78 is 0. The maximum atomic E-state index is 10.9. The molecule has 0 spiro atoms. The molecule has 0 radical (unpaired) electrons. The van der Waals surface area contributed by atoms with Crippen molar-refractivity contribution >= 4 is 12.0 Å². The molecule has 0 bridgehead atoms. The van der Waals surface area contributed by atoms with Gasteiger partial charge in [-0.25, -0.2) is 0 Å². The van der Waals surface area contributed by atoms with Crippen molar-refractivity contribution in [2.45, 2.75) is 0 Å². The first-order chi connectivity index (χ1) is 4.88. The molecule has 2 aliphatic rings. The van der Waals surface area contributed by atoms with Gasteiger partial charge in [0.25, 0.3) is 0 Å². The molecule has 0 aromatic carbocycles. The van der Waals surface area contributed by atoms with E-state index in [0.717, 1.165) is 5.70 Å². The second kappa shape index (κ2) is 1.80. The van der Waals surface area contributed by atoms with Crippen molar-refractivity contribution in [3.8, 4) is 0 Å². The van der Waals surface area contributed by atoms with Gasteiger partial charge in [0.15, 0.2) is 5.78 Å². The number of hydrogen-bond acceptors (Lipinski definition) is 3. The molecule has 0 aromatic rings. The smallest absolute Gasteiger partial charge is 0.189 e. The topological polar surface area (TPSA) is 41.5 Å². The minimum absolute atomic E-state index is 0.0472. The first-order valence-electron chi connectivity index (χ1n) is 3.08. The zero-order valence-electron chi connectivity index (χ0n) is 5.29. The Balaban J connectivity index is 2.46. The molecule has 1 N–H and O–H groups in total. The molecule has 0 saturated carbocycles. The molecule has 3 nitrogen and oxygen atoms in total. The molecule has 1 aliphatic carbocycles. The van der Waals surface area contributed by atoms with Crippen LogP contribution in [0.5, 0.6) is 0 Å². The number of carbonyl (C=O) groups excluding carboxylic acids is 1. The first-order valence-corrected chi connectivity index (χ1v) is 3.08. The molecule has 50 valence electrons. The lowest BCUT2D eigenvalue weighted by molar-refractivity contribution is -0.110. The zero-order chi connectivity index (χ0) is 6.97. The van der Waals surface area contributed by atoms with E-state index in [1.165, 1.54) is 0 Å². The lowest BCUT2D eigenvalue weighted by Crippen LogP contribution is -2.18. The van der Waals surface area contributed by atoms with Gasteiger partial charge in [0.1, 0.15) is 6.67 Å². The highest BCUT2D eigenvalue weighted by molar-refractivity contribution is 6.21. The first kappa shape index (κ1) is 5.41. The van der Waals surface area contributed by atoms with Crippen molar-refractivity contribution < 1.29 is 4.79 Å². The van der Waals surface area contributed by atoms with Gasteiger partial charge in [0, 0.05) is 11.9 Å². The van der Waals surface area contributed by atoms with Crippen LogP contribution in [0.25, 0.3) is 0 Å². The van der Waals surface area contributed by atoms with Gasteiger partial charge >= 0.3 is 0 Å². The van der Waals surface area contributed by atoms with Gasteiger partial charge < -0.3 is 5.32 Å². The van der Waals surface area contributed by atoms with Gasteiger partial charge in [-0.3, -0.25) is 9.79 Å². The Bertz CT molecular complexity index is 273. The molecular weight excluding hydrogens is 128 g/mol. The predicted molar refractivity (Wildman–Crippen MR) is 37.7 cm³/mol. The standard InChI is InChI=1S/C7H6N2O/c10-7-2-1-6-5(7)3-8-4-9-6/h1-3,9H,4H2. The van der Waals surface area contributed by atoms with Gasteiger partial charge in [-0.1, -0.05) is 0 Å². The highest BCUT2D eigenvalue weighted by atomic mass is 16.1. The highest BCUT2D eigenvalue weighted by Crippen LogP contribution is 2.13. The Morgan fingerprint density at radius 2 is 2.40 bits per heavy atom. The number of nitrogens with one attached hydrogen (secondary N) is 1. The number of nitrogens with zero attached hydrogens (tertiary/aromatic N) is 1. The van der Waals surface area contributed by atoms with Crippen molar-refractivity contribution in [3.05, 3.63) is 23.4 Å². The van der Waals surface area contributed by atoms with Crippen LogP contribution in [-0.4, -0.2) is 18.7 Å². The third-order valence-corrected chi connectivity index (χ3v) is 1.54.